The van der Waals surface area contributed by atoms with Crippen molar-refractivity contribution in [3.8, 4) is 11.1 Å². The Bertz CT molecular complexity index is 1030. The van der Waals surface area contributed by atoms with E-state index in [2.05, 4.69) is 36.2 Å². The summed E-state index contributed by atoms with van der Waals surface area (Å²) in [5.74, 6) is -1.52. The van der Waals surface area contributed by atoms with Gasteiger partial charge >= 0.3 is 12.1 Å². The van der Waals surface area contributed by atoms with Crippen LogP contribution < -0.4 is 5.32 Å². The first-order valence-corrected chi connectivity index (χ1v) is 11.7. The summed E-state index contributed by atoms with van der Waals surface area (Å²) in [5.41, 5.74) is 4.54. The lowest BCUT2D eigenvalue weighted by molar-refractivity contribution is -0.146. The van der Waals surface area contributed by atoms with Crippen LogP contribution in [0.4, 0.5) is 4.79 Å². The molecule has 2 amide bonds. The van der Waals surface area contributed by atoms with Gasteiger partial charge in [0.15, 0.2) is 0 Å². The molecular weight excluding hydrogens is 432 g/mol. The van der Waals surface area contributed by atoms with Crippen LogP contribution in [0.15, 0.2) is 61.2 Å². The number of carboxylic acid groups (broad SMARTS) is 1. The number of hydrogen-bond donors (Lipinski definition) is 2. The Labute approximate surface area is 199 Å². The van der Waals surface area contributed by atoms with Gasteiger partial charge in [-0.15, -0.1) is 6.58 Å². The largest absolute Gasteiger partial charge is 0.481 e. The average Bonchev–Trinajstić information content (AvgIpc) is 3.18. The second-order valence-electron chi connectivity index (χ2n) is 8.83. The Balaban J connectivity index is 1.39. The summed E-state index contributed by atoms with van der Waals surface area (Å²) in [4.78, 5) is 38.6. The molecule has 1 heterocycles. The normalized spacial score (nSPS) is 16.3. The molecule has 178 valence electrons. The highest BCUT2D eigenvalue weighted by Crippen LogP contribution is 2.44. The zero-order valence-electron chi connectivity index (χ0n) is 19.1. The minimum Gasteiger partial charge on any atom is -0.481 e. The van der Waals surface area contributed by atoms with Crippen LogP contribution in [-0.4, -0.2) is 53.7 Å². The highest BCUT2D eigenvalue weighted by atomic mass is 16.5. The fourth-order valence-corrected chi connectivity index (χ4v) is 4.89. The molecule has 0 saturated carbocycles. The molecule has 1 saturated heterocycles. The predicted molar refractivity (Wildman–Crippen MR) is 128 cm³/mol. The zero-order chi connectivity index (χ0) is 24.1. The van der Waals surface area contributed by atoms with Crippen LogP contribution >= 0.6 is 0 Å². The number of benzene rings is 2. The number of aliphatic carboxylic acids is 1. The van der Waals surface area contributed by atoms with Gasteiger partial charge in [-0.1, -0.05) is 54.6 Å². The van der Waals surface area contributed by atoms with Crippen LogP contribution in [0.25, 0.3) is 11.1 Å². The minimum absolute atomic E-state index is 0.0597. The minimum atomic E-state index is -0.827. The van der Waals surface area contributed by atoms with Crippen LogP contribution in [0, 0.1) is 5.92 Å². The number of alkyl carbamates (subject to hydrolysis) is 1. The topological polar surface area (TPSA) is 95.9 Å². The number of ether oxygens (including phenoxy) is 1. The predicted octanol–water partition coefficient (Wildman–Crippen LogP) is 4.18. The van der Waals surface area contributed by atoms with Gasteiger partial charge in [-0.2, -0.15) is 0 Å². The Morgan fingerprint density at radius 2 is 1.65 bits per heavy atom. The van der Waals surface area contributed by atoms with E-state index in [1.165, 1.54) is 0 Å². The number of fused-ring (bicyclic) bond motifs is 3. The number of amides is 2. The highest BCUT2D eigenvalue weighted by Gasteiger charge is 2.32. The van der Waals surface area contributed by atoms with Crippen molar-refractivity contribution in [3.05, 3.63) is 72.3 Å². The molecular formula is C27H30N2O5. The van der Waals surface area contributed by atoms with Crippen molar-refractivity contribution < 1.29 is 24.2 Å². The second-order valence-corrected chi connectivity index (χ2v) is 8.83. The molecule has 2 aromatic rings. The lowest BCUT2D eigenvalue weighted by Crippen LogP contribution is -2.51. The van der Waals surface area contributed by atoms with Gasteiger partial charge in [0.05, 0.1) is 5.92 Å². The number of carboxylic acids is 1. The molecule has 1 aliphatic heterocycles. The maximum absolute atomic E-state index is 13.1. The summed E-state index contributed by atoms with van der Waals surface area (Å²) >= 11 is 0. The summed E-state index contributed by atoms with van der Waals surface area (Å²) in [5, 5.41) is 11.9. The number of hydrogen-bond acceptors (Lipinski definition) is 4. The first kappa shape index (κ1) is 23.5. The molecule has 2 aliphatic rings. The third-order valence-electron chi connectivity index (χ3n) is 6.75. The highest BCUT2D eigenvalue weighted by molar-refractivity contribution is 5.86. The third kappa shape index (κ3) is 4.98. The van der Waals surface area contributed by atoms with Crippen LogP contribution in [-0.2, 0) is 14.3 Å². The second kappa shape index (κ2) is 10.5. The number of allylic oxidation sites excluding steroid dienone is 1. The Hall–Kier alpha value is -3.61. The summed E-state index contributed by atoms with van der Waals surface area (Å²) in [6.07, 6.45) is 2.87. The van der Waals surface area contributed by atoms with Gasteiger partial charge in [0.25, 0.3) is 0 Å². The molecule has 2 aromatic carbocycles. The molecule has 1 atom stereocenters. The van der Waals surface area contributed by atoms with E-state index in [0.29, 0.717) is 38.8 Å². The van der Waals surface area contributed by atoms with Gasteiger partial charge in [0.1, 0.15) is 12.6 Å². The molecule has 34 heavy (non-hydrogen) atoms. The van der Waals surface area contributed by atoms with Gasteiger partial charge in [-0.05, 0) is 47.9 Å². The number of nitrogens with one attached hydrogen (secondary N) is 1. The molecule has 7 nitrogen and oxygen atoms in total. The molecule has 0 bridgehead atoms. The molecule has 1 aliphatic carbocycles. The van der Waals surface area contributed by atoms with E-state index < -0.39 is 24.0 Å². The summed E-state index contributed by atoms with van der Waals surface area (Å²) in [6, 6.07) is 15.5. The van der Waals surface area contributed by atoms with Gasteiger partial charge in [-0.3, -0.25) is 9.59 Å². The number of nitrogens with zero attached hydrogens (tertiary/aromatic N) is 1. The quantitative estimate of drug-likeness (QED) is 0.574. The molecule has 7 heteroatoms. The molecule has 4 rings (SSSR count). The summed E-state index contributed by atoms with van der Waals surface area (Å²) < 4.78 is 5.61. The fourth-order valence-electron chi connectivity index (χ4n) is 4.89. The molecule has 0 aromatic heterocycles. The lowest BCUT2D eigenvalue weighted by atomic mass is 9.96. The number of carbonyl (C=O) groups is 3. The third-order valence-corrected chi connectivity index (χ3v) is 6.75. The number of carbonyl (C=O) groups excluding carboxylic acids is 2. The molecule has 0 radical (unpaired) electrons. The van der Waals surface area contributed by atoms with Crippen LogP contribution in [0.2, 0.25) is 0 Å². The van der Waals surface area contributed by atoms with E-state index in [4.69, 9.17) is 4.74 Å². The molecule has 0 spiro atoms. The van der Waals surface area contributed by atoms with Crippen molar-refractivity contribution in [1.82, 2.24) is 10.2 Å². The van der Waals surface area contributed by atoms with E-state index in [9.17, 15) is 19.5 Å². The van der Waals surface area contributed by atoms with Crippen molar-refractivity contribution in [3.63, 3.8) is 0 Å². The van der Waals surface area contributed by atoms with E-state index >= 15 is 0 Å². The van der Waals surface area contributed by atoms with E-state index in [-0.39, 0.29) is 18.4 Å². The van der Waals surface area contributed by atoms with Gasteiger partial charge in [-0.25, -0.2) is 4.79 Å². The van der Waals surface area contributed by atoms with Crippen molar-refractivity contribution in [2.45, 2.75) is 37.6 Å². The standard InChI is InChI=1S/C27H30N2O5/c1-2-3-12-24(25(30)29-15-13-18(14-16-29)26(31)32)28-27(33)34-17-23-21-10-6-4-8-19(21)20-9-5-7-11-22(20)23/h2,4-11,18,23-24H,1,3,12-17H2,(H,28,33)(H,31,32). The number of piperidine rings is 1. The number of rotatable bonds is 8. The summed E-state index contributed by atoms with van der Waals surface area (Å²) in [6.45, 7) is 4.62. The van der Waals surface area contributed by atoms with E-state index in [1.54, 1.807) is 11.0 Å². The van der Waals surface area contributed by atoms with E-state index in [1.807, 2.05) is 24.3 Å². The van der Waals surface area contributed by atoms with Crippen LogP contribution in [0.5, 0.6) is 0 Å². The fraction of sp³-hybridized carbons (Fsp3) is 0.370. The van der Waals surface area contributed by atoms with Crippen LogP contribution in [0.3, 0.4) is 0 Å². The molecule has 1 fully saturated rings. The number of likely N-dealkylation sites (tertiary alicyclic amines) is 1. The maximum atomic E-state index is 13.1. The monoisotopic (exact) mass is 462 g/mol. The Kier molecular flexibility index (Phi) is 7.30. The van der Waals surface area contributed by atoms with Gasteiger partial charge < -0.3 is 20.1 Å². The van der Waals surface area contributed by atoms with Crippen molar-refractivity contribution in [2.75, 3.05) is 19.7 Å². The SMILES string of the molecule is C=CCCC(NC(=O)OCC1c2ccccc2-c2ccccc21)C(=O)N1CCC(C(=O)O)CC1. The zero-order valence-corrected chi connectivity index (χ0v) is 19.1. The lowest BCUT2D eigenvalue weighted by Gasteiger charge is -2.33. The smallest absolute Gasteiger partial charge is 0.407 e. The van der Waals surface area contributed by atoms with Gasteiger partial charge in [0, 0.05) is 19.0 Å². The van der Waals surface area contributed by atoms with Crippen molar-refractivity contribution in [1.29, 1.82) is 0 Å². The molecule has 2 N–H and O–H groups in total. The van der Waals surface area contributed by atoms with E-state index in [0.717, 1.165) is 22.3 Å². The first-order chi connectivity index (χ1) is 16.5. The average molecular weight is 463 g/mol. The Morgan fingerprint density at radius 3 is 2.21 bits per heavy atom. The molecule has 1 unspecified atom stereocenters. The van der Waals surface area contributed by atoms with Crippen molar-refractivity contribution in [2.24, 2.45) is 5.92 Å². The first-order valence-electron chi connectivity index (χ1n) is 11.7. The summed E-state index contributed by atoms with van der Waals surface area (Å²) in [7, 11) is 0. The maximum Gasteiger partial charge on any atom is 0.407 e. The Morgan fingerprint density at radius 1 is 1.06 bits per heavy atom. The van der Waals surface area contributed by atoms with Crippen LogP contribution in [0.1, 0.15) is 42.7 Å². The van der Waals surface area contributed by atoms with Crippen molar-refractivity contribution >= 4 is 18.0 Å². The van der Waals surface area contributed by atoms with Gasteiger partial charge in [0.2, 0.25) is 5.91 Å².